The maximum atomic E-state index is 14.6. The standard InChI is InChI=1S/C37H41Cl2N3O4S/c1-25(2)29-16-18-30(19-17-29)42(47(45,46)31-20-14-27(5)15-21-31)24-36(43)41(23-32-33(38)12-9-13-34(32)39)35(37(44)40-26(3)4)22-28-10-7-6-8-11-28/h6-21,25-26,35H,22-24H2,1-5H3,(H,40,44)/t35-/m0/s1. The van der Waals surface area contributed by atoms with Gasteiger partial charge in [-0.1, -0.05) is 103 Å². The summed E-state index contributed by atoms with van der Waals surface area (Å²) < 4.78 is 29.6. The third-order valence-electron chi connectivity index (χ3n) is 7.83. The van der Waals surface area contributed by atoms with Crippen LogP contribution >= 0.6 is 23.2 Å². The van der Waals surface area contributed by atoms with Gasteiger partial charge in [0, 0.05) is 34.6 Å². The first-order valence-electron chi connectivity index (χ1n) is 15.5. The maximum Gasteiger partial charge on any atom is 0.264 e. The van der Waals surface area contributed by atoms with Gasteiger partial charge < -0.3 is 10.2 Å². The van der Waals surface area contributed by atoms with Crippen molar-refractivity contribution in [3.8, 4) is 0 Å². The Morgan fingerprint density at radius 1 is 0.787 bits per heavy atom. The lowest BCUT2D eigenvalue weighted by atomic mass is 10.0. The van der Waals surface area contributed by atoms with Crippen LogP contribution in [0.15, 0.2) is 102 Å². The van der Waals surface area contributed by atoms with Crippen LogP contribution in [0.3, 0.4) is 0 Å². The molecule has 2 amide bonds. The number of anilines is 1. The highest BCUT2D eigenvalue weighted by molar-refractivity contribution is 7.92. The summed E-state index contributed by atoms with van der Waals surface area (Å²) in [5.74, 6) is -0.749. The van der Waals surface area contributed by atoms with E-state index in [1.165, 1.54) is 17.0 Å². The summed E-state index contributed by atoms with van der Waals surface area (Å²) in [6, 6.07) is 26.8. The lowest BCUT2D eigenvalue weighted by molar-refractivity contribution is -0.140. The molecule has 0 aliphatic heterocycles. The summed E-state index contributed by atoms with van der Waals surface area (Å²) >= 11 is 13.2. The van der Waals surface area contributed by atoms with Gasteiger partial charge in [0.1, 0.15) is 12.6 Å². The largest absolute Gasteiger partial charge is 0.352 e. The predicted octanol–water partition coefficient (Wildman–Crippen LogP) is 7.79. The second-order valence-electron chi connectivity index (χ2n) is 12.2. The summed E-state index contributed by atoms with van der Waals surface area (Å²) in [6.07, 6.45) is 0.182. The molecule has 1 N–H and O–H groups in total. The molecule has 0 heterocycles. The maximum absolute atomic E-state index is 14.6. The molecule has 0 radical (unpaired) electrons. The molecular weight excluding hydrogens is 653 g/mol. The highest BCUT2D eigenvalue weighted by Gasteiger charge is 2.35. The number of hydrogen-bond acceptors (Lipinski definition) is 4. The average Bonchev–Trinajstić information content (AvgIpc) is 3.03. The molecule has 0 aromatic heterocycles. The minimum atomic E-state index is -4.21. The zero-order valence-corrected chi connectivity index (χ0v) is 29.6. The van der Waals surface area contributed by atoms with Gasteiger partial charge in [0.15, 0.2) is 0 Å². The van der Waals surface area contributed by atoms with E-state index < -0.39 is 28.5 Å². The number of sulfonamides is 1. The van der Waals surface area contributed by atoms with Crippen molar-refractivity contribution in [1.82, 2.24) is 10.2 Å². The van der Waals surface area contributed by atoms with Crippen LogP contribution in [0.2, 0.25) is 10.0 Å². The van der Waals surface area contributed by atoms with Crippen molar-refractivity contribution in [3.05, 3.63) is 129 Å². The van der Waals surface area contributed by atoms with Crippen molar-refractivity contribution in [2.75, 3.05) is 10.8 Å². The molecule has 0 aliphatic carbocycles. The molecule has 248 valence electrons. The molecule has 0 aliphatic rings. The normalized spacial score (nSPS) is 12.2. The molecule has 4 aromatic carbocycles. The zero-order chi connectivity index (χ0) is 34.3. The number of hydrogen-bond donors (Lipinski definition) is 1. The lowest BCUT2D eigenvalue weighted by Crippen LogP contribution is -2.54. The van der Waals surface area contributed by atoms with Crippen molar-refractivity contribution >= 4 is 50.7 Å². The first kappa shape index (κ1) is 36.0. The number of rotatable bonds is 13. The van der Waals surface area contributed by atoms with E-state index in [0.717, 1.165) is 21.0 Å². The van der Waals surface area contributed by atoms with E-state index in [2.05, 4.69) is 5.32 Å². The summed E-state index contributed by atoms with van der Waals surface area (Å²) in [5.41, 5.74) is 3.53. The van der Waals surface area contributed by atoms with Gasteiger partial charge in [-0.2, -0.15) is 0 Å². The summed E-state index contributed by atoms with van der Waals surface area (Å²) in [7, 11) is -4.21. The first-order valence-corrected chi connectivity index (χ1v) is 17.7. The van der Waals surface area contributed by atoms with Crippen molar-refractivity contribution in [2.45, 2.75) is 70.5 Å². The van der Waals surface area contributed by atoms with Gasteiger partial charge in [0.2, 0.25) is 11.8 Å². The van der Waals surface area contributed by atoms with E-state index in [0.29, 0.717) is 21.3 Å². The number of halogens is 2. The van der Waals surface area contributed by atoms with Crippen LogP contribution in [-0.2, 0) is 32.6 Å². The fraction of sp³-hybridized carbons (Fsp3) is 0.297. The van der Waals surface area contributed by atoms with E-state index in [1.54, 1.807) is 42.5 Å². The molecule has 4 aromatic rings. The molecule has 7 nitrogen and oxygen atoms in total. The van der Waals surface area contributed by atoms with Crippen molar-refractivity contribution in [3.63, 3.8) is 0 Å². The molecule has 47 heavy (non-hydrogen) atoms. The Bertz CT molecular complexity index is 1760. The molecular formula is C37H41Cl2N3O4S. The van der Waals surface area contributed by atoms with Crippen LogP contribution in [0.4, 0.5) is 5.69 Å². The Kier molecular flexibility index (Phi) is 12.1. The molecule has 4 rings (SSSR count). The van der Waals surface area contributed by atoms with Crippen molar-refractivity contribution < 1.29 is 18.0 Å². The minimum absolute atomic E-state index is 0.0444. The van der Waals surface area contributed by atoms with Gasteiger partial charge >= 0.3 is 0 Å². The second kappa shape index (κ2) is 15.8. The lowest BCUT2D eigenvalue weighted by Gasteiger charge is -2.34. The molecule has 0 fully saturated rings. The molecule has 0 unspecified atom stereocenters. The van der Waals surface area contributed by atoms with Crippen LogP contribution in [0, 0.1) is 6.92 Å². The fourth-order valence-corrected chi connectivity index (χ4v) is 7.11. The first-order chi connectivity index (χ1) is 22.3. The zero-order valence-electron chi connectivity index (χ0n) is 27.3. The van der Waals surface area contributed by atoms with Crippen molar-refractivity contribution in [1.29, 1.82) is 0 Å². The molecule has 0 spiro atoms. The van der Waals surface area contributed by atoms with Crippen molar-refractivity contribution in [2.24, 2.45) is 0 Å². The number of amides is 2. The van der Waals surface area contributed by atoms with Crippen LogP contribution in [0.25, 0.3) is 0 Å². The quantitative estimate of drug-likeness (QED) is 0.155. The highest BCUT2D eigenvalue weighted by atomic mass is 35.5. The summed E-state index contributed by atoms with van der Waals surface area (Å²) in [5, 5.41) is 3.60. The Morgan fingerprint density at radius 3 is 1.94 bits per heavy atom. The minimum Gasteiger partial charge on any atom is -0.352 e. The Morgan fingerprint density at radius 2 is 1.38 bits per heavy atom. The van der Waals surface area contributed by atoms with Gasteiger partial charge in [-0.25, -0.2) is 8.42 Å². The Balaban J connectivity index is 1.85. The average molecular weight is 695 g/mol. The smallest absolute Gasteiger partial charge is 0.264 e. The van der Waals surface area contributed by atoms with Crippen LogP contribution < -0.4 is 9.62 Å². The predicted molar refractivity (Wildman–Crippen MR) is 190 cm³/mol. The van der Waals surface area contributed by atoms with Crippen LogP contribution in [0.5, 0.6) is 0 Å². The topological polar surface area (TPSA) is 86.8 Å². The molecule has 1 atom stereocenters. The van der Waals surface area contributed by atoms with Gasteiger partial charge in [-0.05, 0) is 74.2 Å². The molecule has 10 heteroatoms. The Hall–Kier alpha value is -3.85. The van der Waals surface area contributed by atoms with Crippen LogP contribution in [0.1, 0.15) is 55.9 Å². The molecule has 0 bridgehead atoms. The second-order valence-corrected chi connectivity index (χ2v) is 14.8. The molecule has 0 saturated carbocycles. The van der Waals surface area contributed by atoms with E-state index in [-0.39, 0.29) is 35.7 Å². The van der Waals surface area contributed by atoms with Gasteiger partial charge in [0.25, 0.3) is 10.0 Å². The number of nitrogens with one attached hydrogen (secondary N) is 1. The monoisotopic (exact) mass is 693 g/mol. The van der Waals surface area contributed by atoms with E-state index in [9.17, 15) is 18.0 Å². The third kappa shape index (κ3) is 9.15. The van der Waals surface area contributed by atoms with E-state index in [4.69, 9.17) is 23.2 Å². The number of carbonyl (C=O) groups is 2. The number of benzene rings is 4. The Labute approximate surface area is 288 Å². The van der Waals surface area contributed by atoms with Crippen LogP contribution in [-0.4, -0.2) is 43.8 Å². The number of nitrogens with zero attached hydrogens (tertiary/aromatic N) is 2. The summed E-state index contributed by atoms with van der Waals surface area (Å²) in [6.45, 7) is 8.95. The van der Waals surface area contributed by atoms with Gasteiger partial charge in [-0.15, -0.1) is 0 Å². The highest BCUT2D eigenvalue weighted by Crippen LogP contribution is 2.30. The third-order valence-corrected chi connectivity index (χ3v) is 10.3. The van der Waals surface area contributed by atoms with E-state index >= 15 is 0 Å². The number of aryl methyl sites for hydroxylation is 1. The summed E-state index contributed by atoms with van der Waals surface area (Å²) in [4.78, 5) is 29.9. The SMILES string of the molecule is Cc1ccc(S(=O)(=O)N(CC(=O)N(Cc2c(Cl)cccc2Cl)[C@@H](Cc2ccccc2)C(=O)NC(C)C)c2ccc(C(C)C)cc2)cc1. The van der Waals surface area contributed by atoms with E-state index in [1.807, 2.05) is 77.1 Å². The number of carbonyl (C=O) groups excluding carboxylic acids is 2. The fourth-order valence-electron chi connectivity index (χ4n) is 5.18. The van der Waals surface area contributed by atoms with Gasteiger partial charge in [-0.3, -0.25) is 13.9 Å². The van der Waals surface area contributed by atoms with Gasteiger partial charge in [0.05, 0.1) is 10.6 Å². The molecule has 0 saturated heterocycles.